The number of likely N-dealkylation sites (tertiary alicyclic amines) is 1. The third-order valence-electron chi connectivity index (χ3n) is 6.07. The fourth-order valence-corrected chi connectivity index (χ4v) is 4.19. The number of fused-ring (bicyclic) bond motifs is 2. The largest absolute Gasteiger partial charge is 0.395 e. The number of carbonyl (C=O) groups is 2. The van der Waals surface area contributed by atoms with E-state index in [1.54, 1.807) is 6.07 Å². The highest BCUT2D eigenvalue weighted by Crippen LogP contribution is 2.35. The van der Waals surface area contributed by atoms with Gasteiger partial charge in [0.2, 0.25) is 5.91 Å². The van der Waals surface area contributed by atoms with Gasteiger partial charge < -0.3 is 15.1 Å². The first-order valence-corrected chi connectivity index (χ1v) is 10.2. The lowest BCUT2D eigenvalue weighted by Gasteiger charge is -2.40. The molecule has 3 aromatic rings. The molecule has 7 nitrogen and oxygen atoms in total. The van der Waals surface area contributed by atoms with Gasteiger partial charge in [0.1, 0.15) is 6.54 Å². The van der Waals surface area contributed by atoms with Gasteiger partial charge in [-0.05, 0) is 36.8 Å². The second-order valence-electron chi connectivity index (χ2n) is 8.23. The molecule has 2 aliphatic rings. The van der Waals surface area contributed by atoms with Crippen molar-refractivity contribution in [2.75, 3.05) is 25.0 Å². The molecular weight excluding hydrogens is 423 g/mol. The van der Waals surface area contributed by atoms with E-state index in [0.717, 1.165) is 32.7 Å². The standard InChI is InChI=1S/C22H20F3N5O2/c1-12-16-6-5-15(7-18(16)28-27-12)26-17-4-2-3-13-8-30(21(32)20(13)17)11-19(31)29-9-14(10-29)22(23,24)25/h2-7,14,26H,8-11H2,1H3,(H,27,28). The zero-order valence-electron chi connectivity index (χ0n) is 17.2. The van der Waals surface area contributed by atoms with Crippen LogP contribution in [-0.4, -0.2) is 57.6 Å². The predicted molar refractivity (Wildman–Crippen MR) is 111 cm³/mol. The minimum atomic E-state index is -4.30. The van der Waals surface area contributed by atoms with Crippen molar-refractivity contribution in [1.29, 1.82) is 0 Å². The highest BCUT2D eigenvalue weighted by molar-refractivity contribution is 6.05. The van der Waals surface area contributed by atoms with Crippen molar-refractivity contribution >= 4 is 34.1 Å². The van der Waals surface area contributed by atoms with E-state index < -0.39 is 18.0 Å². The number of aryl methyl sites for hydroxylation is 1. The summed E-state index contributed by atoms with van der Waals surface area (Å²) < 4.78 is 38.0. The Hall–Kier alpha value is -3.56. The maximum atomic E-state index is 13.0. The number of amides is 2. The summed E-state index contributed by atoms with van der Waals surface area (Å²) in [5.74, 6) is -2.27. The molecular formula is C22H20F3N5O2. The monoisotopic (exact) mass is 443 g/mol. The number of aromatic amines is 1. The first-order valence-electron chi connectivity index (χ1n) is 10.2. The maximum absolute atomic E-state index is 13.0. The normalized spacial score (nSPS) is 16.4. The van der Waals surface area contributed by atoms with Crippen LogP contribution in [0.4, 0.5) is 24.5 Å². The van der Waals surface area contributed by atoms with Crippen LogP contribution in [0.2, 0.25) is 0 Å². The average molecular weight is 443 g/mol. The second kappa shape index (κ2) is 7.25. The molecule has 2 aliphatic heterocycles. The van der Waals surface area contributed by atoms with Gasteiger partial charge in [-0.15, -0.1) is 0 Å². The molecule has 0 spiro atoms. The minimum Gasteiger partial charge on any atom is -0.355 e. The van der Waals surface area contributed by atoms with Gasteiger partial charge in [-0.1, -0.05) is 12.1 Å². The number of H-pyrrole nitrogens is 1. The topological polar surface area (TPSA) is 81.3 Å². The maximum Gasteiger partial charge on any atom is 0.395 e. The van der Waals surface area contributed by atoms with Crippen LogP contribution in [-0.2, 0) is 11.3 Å². The van der Waals surface area contributed by atoms with Gasteiger partial charge in [0.05, 0.1) is 28.4 Å². The van der Waals surface area contributed by atoms with Gasteiger partial charge in [-0.3, -0.25) is 14.7 Å². The molecule has 1 saturated heterocycles. The first kappa shape index (κ1) is 20.3. The van der Waals surface area contributed by atoms with Gasteiger partial charge in [0, 0.05) is 30.7 Å². The van der Waals surface area contributed by atoms with Gasteiger partial charge in [0.25, 0.3) is 5.91 Å². The molecule has 32 heavy (non-hydrogen) atoms. The molecule has 0 radical (unpaired) electrons. The Balaban J connectivity index is 1.30. The number of nitrogens with zero attached hydrogens (tertiary/aromatic N) is 3. The van der Waals surface area contributed by atoms with Crippen LogP contribution in [0.5, 0.6) is 0 Å². The molecule has 0 aliphatic carbocycles. The number of hydrogen-bond donors (Lipinski definition) is 2. The molecule has 2 N–H and O–H groups in total. The van der Waals surface area contributed by atoms with Crippen molar-refractivity contribution in [3.63, 3.8) is 0 Å². The SMILES string of the molecule is Cc1n[nH]c2cc(Nc3cccc4c3C(=O)N(CC(=O)N3CC(C(F)(F)F)C3)C4)ccc12. The van der Waals surface area contributed by atoms with Crippen molar-refractivity contribution < 1.29 is 22.8 Å². The molecule has 0 unspecified atom stereocenters. The van der Waals surface area contributed by atoms with Gasteiger partial charge >= 0.3 is 6.18 Å². The molecule has 2 amide bonds. The molecule has 10 heteroatoms. The van der Waals surface area contributed by atoms with Crippen molar-refractivity contribution in [1.82, 2.24) is 20.0 Å². The van der Waals surface area contributed by atoms with Crippen LogP contribution in [0.1, 0.15) is 21.6 Å². The van der Waals surface area contributed by atoms with Gasteiger partial charge in [-0.25, -0.2) is 0 Å². The highest BCUT2D eigenvalue weighted by atomic mass is 19.4. The van der Waals surface area contributed by atoms with Crippen LogP contribution in [0.15, 0.2) is 36.4 Å². The van der Waals surface area contributed by atoms with E-state index >= 15 is 0 Å². The van der Waals surface area contributed by atoms with Crippen LogP contribution >= 0.6 is 0 Å². The van der Waals surface area contributed by atoms with Crippen LogP contribution in [0.25, 0.3) is 10.9 Å². The Morgan fingerprint density at radius 3 is 2.78 bits per heavy atom. The average Bonchev–Trinajstić information content (AvgIpc) is 3.20. The lowest BCUT2D eigenvalue weighted by molar-refractivity contribution is -0.209. The van der Waals surface area contributed by atoms with Crippen molar-refractivity contribution in [2.24, 2.45) is 5.92 Å². The molecule has 166 valence electrons. The van der Waals surface area contributed by atoms with Crippen molar-refractivity contribution in [3.8, 4) is 0 Å². The Bertz CT molecular complexity index is 1230. The Morgan fingerprint density at radius 1 is 1.25 bits per heavy atom. The zero-order valence-corrected chi connectivity index (χ0v) is 17.2. The number of alkyl halides is 3. The molecule has 0 atom stereocenters. The summed E-state index contributed by atoms with van der Waals surface area (Å²) in [6, 6.07) is 11.2. The predicted octanol–water partition coefficient (Wildman–Crippen LogP) is 3.59. The number of hydrogen-bond acceptors (Lipinski definition) is 4. The molecule has 1 aromatic heterocycles. The summed E-state index contributed by atoms with van der Waals surface area (Å²) in [5, 5.41) is 11.4. The summed E-state index contributed by atoms with van der Waals surface area (Å²) in [4.78, 5) is 27.9. The summed E-state index contributed by atoms with van der Waals surface area (Å²) >= 11 is 0. The van der Waals surface area contributed by atoms with E-state index in [1.807, 2.05) is 37.3 Å². The first-order chi connectivity index (χ1) is 15.2. The minimum absolute atomic E-state index is 0.239. The Morgan fingerprint density at radius 2 is 2.03 bits per heavy atom. The number of anilines is 2. The van der Waals surface area contributed by atoms with E-state index in [-0.39, 0.29) is 32.1 Å². The summed E-state index contributed by atoms with van der Waals surface area (Å²) in [6.07, 6.45) is -4.30. The fraction of sp³-hybridized carbons (Fsp3) is 0.318. The smallest absolute Gasteiger partial charge is 0.355 e. The third kappa shape index (κ3) is 3.45. The van der Waals surface area contributed by atoms with E-state index in [0.29, 0.717) is 11.3 Å². The molecule has 2 aromatic carbocycles. The van der Waals surface area contributed by atoms with E-state index in [4.69, 9.17) is 0 Å². The summed E-state index contributed by atoms with van der Waals surface area (Å²) in [7, 11) is 0. The van der Waals surface area contributed by atoms with Crippen molar-refractivity contribution in [2.45, 2.75) is 19.6 Å². The molecule has 5 rings (SSSR count). The van der Waals surface area contributed by atoms with E-state index in [9.17, 15) is 22.8 Å². The molecule has 1 fully saturated rings. The fourth-order valence-electron chi connectivity index (χ4n) is 4.19. The number of halogens is 3. The highest BCUT2D eigenvalue weighted by Gasteiger charge is 2.48. The summed E-state index contributed by atoms with van der Waals surface area (Å²) in [5.41, 5.74) is 4.38. The number of rotatable bonds is 4. The quantitative estimate of drug-likeness (QED) is 0.646. The number of benzene rings is 2. The Labute approximate surface area is 181 Å². The molecule has 3 heterocycles. The van der Waals surface area contributed by atoms with Crippen LogP contribution in [0.3, 0.4) is 0 Å². The van der Waals surface area contributed by atoms with Crippen LogP contribution in [0, 0.1) is 12.8 Å². The van der Waals surface area contributed by atoms with Gasteiger partial charge in [0.15, 0.2) is 0 Å². The van der Waals surface area contributed by atoms with E-state index in [2.05, 4.69) is 15.5 Å². The number of nitrogens with one attached hydrogen (secondary N) is 2. The number of aromatic nitrogens is 2. The lowest BCUT2D eigenvalue weighted by atomic mass is 9.99. The second-order valence-corrected chi connectivity index (χ2v) is 8.23. The number of carbonyl (C=O) groups excluding carboxylic acids is 2. The van der Waals surface area contributed by atoms with Crippen LogP contribution < -0.4 is 5.32 Å². The Kier molecular flexibility index (Phi) is 4.61. The van der Waals surface area contributed by atoms with Crippen molar-refractivity contribution in [3.05, 3.63) is 53.2 Å². The molecule has 0 saturated carbocycles. The van der Waals surface area contributed by atoms with E-state index in [1.165, 1.54) is 4.90 Å². The lowest BCUT2D eigenvalue weighted by Crippen LogP contribution is -2.57. The third-order valence-corrected chi connectivity index (χ3v) is 6.07. The zero-order chi connectivity index (χ0) is 22.6. The van der Waals surface area contributed by atoms with Gasteiger partial charge in [-0.2, -0.15) is 18.3 Å². The molecule has 0 bridgehead atoms. The summed E-state index contributed by atoms with van der Waals surface area (Å²) in [6.45, 7) is 1.22.